The van der Waals surface area contributed by atoms with Crippen LogP contribution >= 0.6 is 0 Å². The molecule has 0 saturated heterocycles. The molecule has 0 aromatic heterocycles. The van der Waals surface area contributed by atoms with E-state index in [0.29, 0.717) is 17.9 Å². The monoisotopic (exact) mass is 313 g/mol. The van der Waals surface area contributed by atoms with Gasteiger partial charge in [0.15, 0.2) is 0 Å². The van der Waals surface area contributed by atoms with Crippen LogP contribution in [0, 0.1) is 23.3 Å². The van der Waals surface area contributed by atoms with Gasteiger partial charge in [0.05, 0.1) is 0 Å². The summed E-state index contributed by atoms with van der Waals surface area (Å²) in [4.78, 5) is 4.85. The number of allylic oxidation sites excluding steroid dienone is 4. The van der Waals surface area contributed by atoms with Gasteiger partial charge in [0.2, 0.25) is 0 Å². The second-order valence-corrected chi connectivity index (χ2v) is 12.6. The van der Waals surface area contributed by atoms with E-state index < -0.39 is 8.07 Å². The first-order valence-electron chi connectivity index (χ1n) is 8.87. The predicted molar refractivity (Wildman–Crippen MR) is 101 cm³/mol. The van der Waals surface area contributed by atoms with Crippen LogP contribution in [-0.4, -0.2) is 20.3 Å². The molecule has 2 rings (SSSR count). The van der Waals surface area contributed by atoms with Crippen molar-refractivity contribution in [2.24, 2.45) is 16.8 Å². The Kier molecular flexibility index (Phi) is 6.26. The molecule has 0 N–H and O–H groups in total. The predicted octanol–water partition coefficient (Wildman–Crippen LogP) is 5.41. The van der Waals surface area contributed by atoms with Crippen molar-refractivity contribution in [2.75, 3.05) is 0 Å². The summed E-state index contributed by atoms with van der Waals surface area (Å²) in [5.74, 6) is 4.52. The molecule has 1 fully saturated rings. The van der Waals surface area contributed by atoms with E-state index in [4.69, 9.17) is 4.99 Å². The van der Waals surface area contributed by atoms with Gasteiger partial charge in [-0.15, -0.1) is 11.5 Å². The molecule has 1 nitrogen and oxygen atoms in total. The molecular formula is C20H31NSi. The summed E-state index contributed by atoms with van der Waals surface area (Å²) >= 11 is 0. The molecule has 0 aromatic carbocycles. The lowest BCUT2D eigenvalue weighted by Gasteiger charge is -2.24. The zero-order valence-electron chi connectivity index (χ0n) is 14.7. The third-order valence-corrected chi connectivity index (χ3v) is 5.55. The van der Waals surface area contributed by atoms with Gasteiger partial charge in [-0.3, -0.25) is 4.99 Å². The molecule has 0 unspecified atom stereocenters. The largest absolute Gasteiger partial charge is 0.290 e. The summed E-state index contributed by atoms with van der Waals surface area (Å²) in [5.41, 5.74) is 4.87. The van der Waals surface area contributed by atoms with E-state index in [0.717, 1.165) is 6.42 Å². The summed E-state index contributed by atoms with van der Waals surface area (Å²) in [7, 11) is -1.24. The minimum Gasteiger partial charge on any atom is -0.290 e. The van der Waals surface area contributed by atoms with Crippen molar-refractivity contribution in [3.05, 3.63) is 23.8 Å². The molecule has 0 amide bonds. The van der Waals surface area contributed by atoms with Crippen LogP contribution in [0.4, 0.5) is 0 Å². The van der Waals surface area contributed by atoms with Gasteiger partial charge >= 0.3 is 0 Å². The summed E-state index contributed by atoms with van der Waals surface area (Å²) in [6.07, 6.45) is 16.5. The lowest BCUT2D eigenvalue weighted by Crippen LogP contribution is -2.18. The number of hydrogen-bond acceptors (Lipinski definition) is 1. The lowest BCUT2D eigenvalue weighted by atomic mass is 9.82. The fraction of sp³-hybridized carbons (Fsp3) is 0.650. The van der Waals surface area contributed by atoms with Gasteiger partial charge in [-0.05, 0) is 30.3 Å². The second kappa shape index (κ2) is 7.97. The van der Waals surface area contributed by atoms with E-state index >= 15 is 0 Å². The molecule has 2 heteroatoms. The molecule has 1 saturated carbocycles. The quantitative estimate of drug-likeness (QED) is 0.375. The molecule has 0 heterocycles. The number of rotatable bonds is 3. The molecule has 2 aliphatic carbocycles. The van der Waals surface area contributed by atoms with Crippen molar-refractivity contribution >= 4 is 14.3 Å². The zero-order chi connectivity index (χ0) is 16.0. The first-order chi connectivity index (χ1) is 10.5. The number of aliphatic imine (C=N–C) groups is 1. The van der Waals surface area contributed by atoms with Crippen molar-refractivity contribution in [3.63, 3.8) is 0 Å². The van der Waals surface area contributed by atoms with Gasteiger partial charge in [0.25, 0.3) is 0 Å². The van der Waals surface area contributed by atoms with Crippen LogP contribution in [0.25, 0.3) is 0 Å². The van der Waals surface area contributed by atoms with Crippen LogP contribution in [0.5, 0.6) is 0 Å². The summed E-state index contributed by atoms with van der Waals surface area (Å²) in [5, 5.41) is 0. The summed E-state index contributed by atoms with van der Waals surface area (Å²) < 4.78 is 0. The zero-order valence-corrected chi connectivity index (χ0v) is 15.7. The highest BCUT2D eigenvalue weighted by Gasteiger charge is 2.20. The molecule has 22 heavy (non-hydrogen) atoms. The molecule has 2 atom stereocenters. The Labute approximate surface area is 138 Å². The van der Waals surface area contributed by atoms with Crippen molar-refractivity contribution in [1.82, 2.24) is 0 Å². The van der Waals surface area contributed by atoms with Gasteiger partial charge < -0.3 is 0 Å². The smallest absolute Gasteiger partial charge is 0.129 e. The number of nitrogens with zero attached hydrogens (tertiary/aromatic N) is 1. The second-order valence-electron chi connectivity index (χ2n) is 7.83. The minimum absolute atomic E-state index is 0.535. The van der Waals surface area contributed by atoms with Gasteiger partial charge in [0, 0.05) is 18.7 Å². The lowest BCUT2D eigenvalue weighted by molar-refractivity contribution is 0.443. The highest BCUT2D eigenvalue weighted by molar-refractivity contribution is 6.83. The first kappa shape index (κ1) is 17.3. The highest BCUT2D eigenvalue weighted by atomic mass is 28.3. The summed E-state index contributed by atoms with van der Waals surface area (Å²) in [6.45, 7) is 9.25. The van der Waals surface area contributed by atoms with Crippen molar-refractivity contribution in [2.45, 2.75) is 71.1 Å². The molecule has 120 valence electrons. The number of hydrogen-bond donors (Lipinski definition) is 0. The minimum atomic E-state index is -1.24. The van der Waals surface area contributed by atoms with E-state index in [2.05, 4.69) is 62.5 Å². The van der Waals surface area contributed by atoms with E-state index in [1.807, 2.05) is 0 Å². The van der Waals surface area contributed by atoms with Crippen LogP contribution < -0.4 is 0 Å². The van der Waals surface area contributed by atoms with Gasteiger partial charge in [-0.25, -0.2) is 0 Å². The van der Waals surface area contributed by atoms with Crippen LogP contribution in [-0.2, 0) is 0 Å². The Morgan fingerprint density at radius 1 is 1.23 bits per heavy atom. The fourth-order valence-electron chi connectivity index (χ4n) is 3.14. The van der Waals surface area contributed by atoms with E-state index in [1.54, 1.807) is 0 Å². The third-order valence-electron chi connectivity index (χ3n) is 4.63. The molecule has 0 radical (unpaired) electrons. The molecular weight excluding hydrogens is 282 g/mol. The van der Waals surface area contributed by atoms with Gasteiger partial charge in [-0.2, -0.15) is 0 Å². The average Bonchev–Trinajstić information content (AvgIpc) is 2.48. The Morgan fingerprint density at radius 2 is 1.95 bits per heavy atom. The first-order valence-corrected chi connectivity index (χ1v) is 12.4. The fourth-order valence-corrected chi connectivity index (χ4v) is 3.77. The molecule has 0 aromatic rings. The molecule has 0 spiro atoms. The van der Waals surface area contributed by atoms with Crippen LogP contribution in [0.1, 0.15) is 45.4 Å². The van der Waals surface area contributed by atoms with Gasteiger partial charge in [0.1, 0.15) is 8.07 Å². The van der Waals surface area contributed by atoms with Crippen molar-refractivity contribution in [3.8, 4) is 11.5 Å². The third kappa shape index (κ3) is 5.61. The molecule has 0 aliphatic heterocycles. The normalized spacial score (nSPS) is 26.6. The van der Waals surface area contributed by atoms with Crippen LogP contribution in [0.15, 0.2) is 28.8 Å². The SMILES string of the molecule is C[C@H]1C(C=NC2CCCCC2)=CC=C[C@@H]1CC#C[Si](C)(C)C. The highest BCUT2D eigenvalue weighted by Crippen LogP contribution is 2.28. The summed E-state index contributed by atoms with van der Waals surface area (Å²) in [6, 6.07) is 0.567. The Morgan fingerprint density at radius 3 is 2.64 bits per heavy atom. The van der Waals surface area contributed by atoms with E-state index in [-0.39, 0.29) is 0 Å². The Bertz CT molecular complexity index is 504. The topological polar surface area (TPSA) is 12.4 Å². The maximum atomic E-state index is 4.85. The average molecular weight is 314 g/mol. The Balaban J connectivity index is 1.93. The van der Waals surface area contributed by atoms with Gasteiger partial charge in [-0.1, -0.05) is 64.1 Å². The molecule has 2 aliphatic rings. The standard InChI is InChI=1S/C20H31NSi/c1-17-18(12-9-15-22(2,3)4)10-8-11-19(17)16-21-20-13-6-5-7-14-20/h8,10-11,16-18,20H,5-7,12-14H2,1-4H3/t17-,18-/m1/s1. The van der Waals surface area contributed by atoms with Crippen molar-refractivity contribution in [1.29, 1.82) is 0 Å². The van der Waals surface area contributed by atoms with Crippen LogP contribution in [0.3, 0.4) is 0 Å². The van der Waals surface area contributed by atoms with E-state index in [1.165, 1.54) is 37.7 Å². The van der Waals surface area contributed by atoms with E-state index in [9.17, 15) is 0 Å². The van der Waals surface area contributed by atoms with Crippen LogP contribution in [0.2, 0.25) is 19.6 Å². The Hall–Kier alpha value is -1.07. The maximum absolute atomic E-state index is 4.85. The van der Waals surface area contributed by atoms with Crippen molar-refractivity contribution < 1.29 is 0 Å². The maximum Gasteiger partial charge on any atom is 0.129 e. The molecule has 0 bridgehead atoms.